The molecule has 4 heteroatoms. The van der Waals surface area contributed by atoms with Crippen molar-refractivity contribution in [2.75, 3.05) is 25.4 Å². The summed E-state index contributed by atoms with van der Waals surface area (Å²) in [6.45, 7) is 7.73. The Balaban J connectivity index is 1.44. The minimum Gasteiger partial charge on any atom is -0.398 e. The highest BCUT2D eigenvalue weighted by Gasteiger charge is 2.29. The highest BCUT2D eigenvalue weighted by Crippen LogP contribution is 2.32. The first-order valence-corrected chi connectivity index (χ1v) is 11.3. The van der Waals surface area contributed by atoms with Gasteiger partial charge < -0.3 is 15.4 Å². The Labute approximate surface area is 167 Å². The first-order valence-electron chi connectivity index (χ1n) is 10.5. The fourth-order valence-electron chi connectivity index (χ4n) is 4.62. The first-order chi connectivity index (χ1) is 12.6. The lowest BCUT2D eigenvalue weighted by Gasteiger charge is -2.41. The molecule has 3 nitrogen and oxygen atoms in total. The Hall–Kier alpha value is -0.580. The van der Waals surface area contributed by atoms with Gasteiger partial charge in [-0.1, -0.05) is 22.9 Å². The number of piperidine rings is 1. The number of likely N-dealkylation sites (tertiary alicyclic amines) is 1. The molecule has 2 fully saturated rings. The number of anilines is 1. The number of hydrogen-bond acceptors (Lipinski definition) is 3. The molecule has 1 saturated heterocycles. The van der Waals surface area contributed by atoms with Crippen LogP contribution in [-0.4, -0.2) is 36.7 Å². The van der Waals surface area contributed by atoms with Gasteiger partial charge in [0.2, 0.25) is 0 Å². The van der Waals surface area contributed by atoms with Crippen LogP contribution < -0.4 is 5.73 Å². The number of nitrogen functional groups attached to an aromatic ring is 1. The van der Waals surface area contributed by atoms with Crippen LogP contribution in [0.5, 0.6) is 0 Å². The number of hydrogen-bond donors (Lipinski definition) is 1. The van der Waals surface area contributed by atoms with Crippen LogP contribution >= 0.6 is 15.9 Å². The van der Waals surface area contributed by atoms with Crippen molar-refractivity contribution in [2.24, 2.45) is 5.92 Å². The molecule has 0 spiro atoms. The molecule has 26 heavy (non-hydrogen) atoms. The lowest BCUT2D eigenvalue weighted by atomic mass is 9.86. The fraction of sp³-hybridized carbons (Fsp3) is 0.727. The molecule has 0 atom stereocenters. The van der Waals surface area contributed by atoms with E-state index in [1.165, 1.54) is 67.2 Å². The molecule has 1 saturated carbocycles. The Morgan fingerprint density at radius 1 is 1.12 bits per heavy atom. The van der Waals surface area contributed by atoms with Crippen LogP contribution in [0.1, 0.15) is 63.0 Å². The summed E-state index contributed by atoms with van der Waals surface area (Å²) in [5.41, 5.74) is 9.75. The van der Waals surface area contributed by atoms with Crippen LogP contribution in [-0.2, 0) is 11.2 Å². The van der Waals surface area contributed by atoms with Gasteiger partial charge in [-0.25, -0.2) is 0 Å². The van der Waals surface area contributed by atoms with Crippen LogP contribution in [0, 0.1) is 12.8 Å². The van der Waals surface area contributed by atoms with Crippen LogP contribution in [0.3, 0.4) is 0 Å². The van der Waals surface area contributed by atoms with Gasteiger partial charge in [0.25, 0.3) is 0 Å². The number of ether oxygens (including phenoxy) is 1. The zero-order valence-corrected chi connectivity index (χ0v) is 18.1. The molecule has 1 aliphatic heterocycles. The third kappa shape index (κ3) is 5.24. The molecule has 0 aromatic heterocycles. The molecule has 2 aliphatic rings. The van der Waals surface area contributed by atoms with Crippen molar-refractivity contribution in [2.45, 2.75) is 77.4 Å². The van der Waals surface area contributed by atoms with E-state index in [-0.39, 0.29) is 0 Å². The molecule has 1 aromatic carbocycles. The van der Waals surface area contributed by atoms with E-state index in [0.717, 1.165) is 37.1 Å². The maximum absolute atomic E-state index is 6.26. The molecule has 2 N–H and O–H groups in total. The molecule has 146 valence electrons. The molecule has 1 aromatic rings. The molecular formula is C22H35BrN2O. The second-order valence-electron chi connectivity index (χ2n) is 8.28. The van der Waals surface area contributed by atoms with E-state index < -0.39 is 0 Å². The summed E-state index contributed by atoms with van der Waals surface area (Å²) in [5.74, 6) is 0.771. The van der Waals surface area contributed by atoms with Crippen molar-refractivity contribution in [3.63, 3.8) is 0 Å². The molecule has 0 radical (unpaired) electrons. The molecule has 1 aliphatic carbocycles. The van der Waals surface area contributed by atoms with Crippen molar-refractivity contribution in [1.82, 2.24) is 4.90 Å². The van der Waals surface area contributed by atoms with Crippen LogP contribution in [0.25, 0.3) is 0 Å². The summed E-state index contributed by atoms with van der Waals surface area (Å²) in [6, 6.07) is 5.12. The average Bonchev–Trinajstić information content (AvgIpc) is 2.65. The normalized spacial score (nSPS) is 25.5. The van der Waals surface area contributed by atoms with E-state index in [1.54, 1.807) is 0 Å². The summed E-state index contributed by atoms with van der Waals surface area (Å²) in [4.78, 5) is 2.75. The minimum absolute atomic E-state index is 0.520. The predicted molar refractivity (Wildman–Crippen MR) is 114 cm³/mol. The number of benzene rings is 1. The number of nitrogens with zero attached hydrogens (tertiary/aromatic N) is 1. The second-order valence-corrected chi connectivity index (χ2v) is 9.14. The largest absolute Gasteiger partial charge is 0.398 e. The van der Waals surface area contributed by atoms with E-state index in [9.17, 15) is 0 Å². The standard InChI is InChI=1S/C22H35BrN2O/c1-3-12-26-20-6-4-19(5-7-20)25-10-8-17(9-11-25)14-18-15-21(23)16(2)13-22(18)24/h13,15,17,19-20H,3-12,14,24H2,1-2H3. The summed E-state index contributed by atoms with van der Waals surface area (Å²) in [7, 11) is 0. The maximum Gasteiger partial charge on any atom is 0.0576 e. The van der Waals surface area contributed by atoms with Gasteiger partial charge in [-0.15, -0.1) is 0 Å². The van der Waals surface area contributed by atoms with E-state index in [1.807, 2.05) is 0 Å². The highest BCUT2D eigenvalue weighted by molar-refractivity contribution is 9.10. The fourth-order valence-corrected chi connectivity index (χ4v) is 5.01. The van der Waals surface area contributed by atoms with Crippen molar-refractivity contribution in [3.05, 3.63) is 27.7 Å². The maximum atomic E-state index is 6.26. The van der Waals surface area contributed by atoms with E-state index in [4.69, 9.17) is 10.5 Å². The third-order valence-corrected chi connectivity index (χ3v) is 7.15. The highest BCUT2D eigenvalue weighted by atomic mass is 79.9. The van der Waals surface area contributed by atoms with Crippen molar-refractivity contribution >= 4 is 21.6 Å². The molecule has 1 heterocycles. The van der Waals surface area contributed by atoms with Gasteiger partial charge in [0.15, 0.2) is 0 Å². The summed E-state index contributed by atoms with van der Waals surface area (Å²) in [6.07, 6.45) is 10.5. The number of halogens is 1. The zero-order valence-electron chi connectivity index (χ0n) is 16.5. The Morgan fingerprint density at radius 2 is 1.81 bits per heavy atom. The van der Waals surface area contributed by atoms with Gasteiger partial charge in [-0.05, 0) is 101 Å². The third-order valence-electron chi connectivity index (χ3n) is 6.30. The van der Waals surface area contributed by atoms with Gasteiger partial charge in [-0.3, -0.25) is 0 Å². The molecule has 0 amide bonds. The number of nitrogens with two attached hydrogens (primary N) is 1. The number of aryl methyl sites for hydroxylation is 1. The summed E-state index contributed by atoms with van der Waals surface area (Å²) < 4.78 is 7.13. The Bertz CT molecular complexity index is 576. The van der Waals surface area contributed by atoms with Crippen molar-refractivity contribution in [3.8, 4) is 0 Å². The lowest BCUT2D eigenvalue weighted by Crippen LogP contribution is -2.44. The smallest absolute Gasteiger partial charge is 0.0576 e. The quantitative estimate of drug-likeness (QED) is 0.629. The van der Waals surface area contributed by atoms with Crippen LogP contribution in [0.2, 0.25) is 0 Å². The van der Waals surface area contributed by atoms with Crippen molar-refractivity contribution < 1.29 is 4.74 Å². The Morgan fingerprint density at radius 3 is 2.46 bits per heavy atom. The van der Waals surface area contributed by atoms with Crippen LogP contribution in [0.4, 0.5) is 5.69 Å². The monoisotopic (exact) mass is 422 g/mol. The molecule has 3 rings (SSSR count). The molecule has 0 bridgehead atoms. The van der Waals surface area contributed by atoms with E-state index >= 15 is 0 Å². The average molecular weight is 423 g/mol. The summed E-state index contributed by atoms with van der Waals surface area (Å²) >= 11 is 3.65. The van der Waals surface area contributed by atoms with E-state index in [2.05, 4.69) is 46.8 Å². The van der Waals surface area contributed by atoms with Gasteiger partial charge in [0, 0.05) is 22.8 Å². The zero-order chi connectivity index (χ0) is 18.5. The van der Waals surface area contributed by atoms with E-state index in [0.29, 0.717) is 6.10 Å². The van der Waals surface area contributed by atoms with Crippen LogP contribution in [0.15, 0.2) is 16.6 Å². The molecular weight excluding hydrogens is 388 g/mol. The summed E-state index contributed by atoms with van der Waals surface area (Å²) in [5, 5.41) is 0. The Kier molecular flexibility index (Phi) is 7.42. The van der Waals surface area contributed by atoms with Crippen molar-refractivity contribution in [1.29, 1.82) is 0 Å². The first kappa shape index (κ1) is 20.2. The number of rotatable bonds is 6. The minimum atomic E-state index is 0.520. The van der Waals surface area contributed by atoms with Gasteiger partial charge >= 0.3 is 0 Å². The van der Waals surface area contributed by atoms with Gasteiger partial charge in [-0.2, -0.15) is 0 Å². The van der Waals surface area contributed by atoms with Gasteiger partial charge in [0.1, 0.15) is 0 Å². The topological polar surface area (TPSA) is 38.5 Å². The molecule has 0 unspecified atom stereocenters. The SMILES string of the molecule is CCCOC1CCC(N2CCC(Cc3cc(Br)c(C)cc3N)CC2)CC1. The second kappa shape index (κ2) is 9.57. The predicted octanol–water partition coefficient (Wildman–Crippen LogP) is 5.33. The van der Waals surface area contributed by atoms with Gasteiger partial charge in [0.05, 0.1) is 6.10 Å². The lowest BCUT2D eigenvalue weighted by molar-refractivity contribution is 0.00215.